The van der Waals surface area contributed by atoms with Gasteiger partial charge in [-0.05, 0) is 34.2 Å². The van der Waals surface area contributed by atoms with Crippen LogP contribution in [-0.4, -0.2) is 20.6 Å². The standard InChI is InChI=1S/C29H29N3O2/c1-20(2)28(23-8-5-4-6-9-23)34-26-11-7-10-24-19-32(29(33)27(24)26)17-21-12-14-22(15-13-21)25-16-30-31(3)18-25/h4-16,18,20,28H,17,19H2,1-3H3. The molecule has 1 unspecified atom stereocenters. The van der Waals surface area contributed by atoms with Gasteiger partial charge >= 0.3 is 0 Å². The van der Waals surface area contributed by atoms with Crippen LogP contribution in [-0.2, 0) is 20.1 Å². The molecule has 0 saturated heterocycles. The van der Waals surface area contributed by atoms with Gasteiger partial charge in [0.2, 0.25) is 0 Å². The third kappa shape index (κ3) is 4.34. The highest BCUT2D eigenvalue weighted by atomic mass is 16.5. The number of hydrogen-bond donors (Lipinski definition) is 0. The van der Waals surface area contributed by atoms with Gasteiger partial charge in [0.25, 0.3) is 5.91 Å². The maximum absolute atomic E-state index is 13.4. The molecule has 5 heteroatoms. The molecule has 0 aliphatic carbocycles. The smallest absolute Gasteiger partial charge is 0.258 e. The molecule has 0 spiro atoms. The van der Waals surface area contributed by atoms with Gasteiger partial charge in [0.05, 0.1) is 11.8 Å². The molecule has 1 aliphatic heterocycles. The molecule has 0 fully saturated rings. The topological polar surface area (TPSA) is 47.4 Å². The van der Waals surface area contributed by atoms with E-state index in [1.54, 1.807) is 4.68 Å². The first-order chi connectivity index (χ1) is 16.5. The summed E-state index contributed by atoms with van der Waals surface area (Å²) in [5.41, 5.74) is 6.12. The van der Waals surface area contributed by atoms with E-state index in [2.05, 4.69) is 55.3 Å². The van der Waals surface area contributed by atoms with E-state index in [0.717, 1.165) is 27.8 Å². The van der Waals surface area contributed by atoms with E-state index >= 15 is 0 Å². The Labute approximate surface area is 200 Å². The zero-order valence-electron chi connectivity index (χ0n) is 19.8. The van der Waals surface area contributed by atoms with Gasteiger partial charge in [-0.1, -0.05) is 80.6 Å². The second-order valence-corrected chi connectivity index (χ2v) is 9.24. The molecule has 2 heterocycles. The van der Waals surface area contributed by atoms with Crippen molar-refractivity contribution in [2.24, 2.45) is 13.0 Å². The summed E-state index contributed by atoms with van der Waals surface area (Å²) >= 11 is 0. The minimum absolute atomic E-state index is 0.0255. The van der Waals surface area contributed by atoms with Crippen molar-refractivity contribution < 1.29 is 9.53 Å². The number of aryl methyl sites for hydroxylation is 1. The lowest BCUT2D eigenvalue weighted by Gasteiger charge is -2.24. The van der Waals surface area contributed by atoms with Gasteiger partial charge in [-0.2, -0.15) is 5.10 Å². The number of rotatable bonds is 7. The number of hydrogen-bond acceptors (Lipinski definition) is 3. The zero-order chi connectivity index (χ0) is 23.7. The van der Waals surface area contributed by atoms with Crippen LogP contribution in [0.5, 0.6) is 5.75 Å². The molecule has 0 saturated carbocycles. The van der Waals surface area contributed by atoms with E-state index in [9.17, 15) is 4.79 Å². The first-order valence-corrected chi connectivity index (χ1v) is 11.7. The van der Waals surface area contributed by atoms with E-state index in [4.69, 9.17) is 4.74 Å². The van der Waals surface area contributed by atoms with Crippen LogP contribution in [0.1, 0.15) is 47.0 Å². The van der Waals surface area contributed by atoms with Crippen molar-refractivity contribution in [3.63, 3.8) is 0 Å². The lowest BCUT2D eigenvalue weighted by molar-refractivity contribution is 0.0758. The number of aromatic nitrogens is 2. The predicted octanol–water partition coefficient (Wildman–Crippen LogP) is 6.02. The highest BCUT2D eigenvalue weighted by Gasteiger charge is 2.32. The number of carbonyl (C=O) groups excluding carboxylic acids is 1. The first-order valence-electron chi connectivity index (χ1n) is 11.7. The highest BCUT2D eigenvalue weighted by Crippen LogP contribution is 2.36. The van der Waals surface area contributed by atoms with Crippen molar-refractivity contribution in [3.8, 4) is 16.9 Å². The highest BCUT2D eigenvalue weighted by molar-refractivity contribution is 6.01. The van der Waals surface area contributed by atoms with E-state index in [-0.39, 0.29) is 17.9 Å². The molecule has 1 aliphatic rings. The molecule has 172 valence electrons. The van der Waals surface area contributed by atoms with E-state index in [1.807, 2.05) is 60.7 Å². The largest absolute Gasteiger partial charge is 0.485 e. The molecular weight excluding hydrogens is 422 g/mol. The monoisotopic (exact) mass is 451 g/mol. The van der Waals surface area contributed by atoms with Crippen molar-refractivity contribution in [3.05, 3.63) is 107 Å². The first kappa shape index (κ1) is 22.0. The number of carbonyl (C=O) groups is 1. The Morgan fingerprint density at radius 3 is 2.38 bits per heavy atom. The van der Waals surface area contributed by atoms with Crippen LogP contribution in [0.15, 0.2) is 85.2 Å². The quantitative estimate of drug-likeness (QED) is 0.345. The van der Waals surface area contributed by atoms with Crippen LogP contribution in [0.25, 0.3) is 11.1 Å². The molecule has 4 aromatic rings. The average molecular weight is 452 g/mol. The minimum Gasteiger partial charge on any atom is -0.485 e. The fraction of sp³-hybridized carbons (Fsp3) is 0.241. The Morgan fingerprint density at radius 2 is 1.71 bits per heavy atom. The molecule has 0 radical (unpaired) electrons. The summed E-state index contributed by atoms with van der Waals surface area (Å²) in [7, 11) is 1.91. The number of ether oxygens (including phenoxy) is 1. The second kappa shape index (κ2) is 9.18. The molecule has 0 bridgehead atoms. The number of benzene rings is 3. The summed E-state index contributed by atoms with van der Waals surface area (Å²) in [5.74, 6) is 0.959. The van der Waals surface area contributed by atoms with Crippen molar-refractivity contribution in [2.45, 2.75) is 33.0 Å². The van der Waals surface area contributed by atoms with Gasteiger partial charge in [0, 0.05) is 31.9 Å². The molecule has 5 rings (SSSR count). The van der Waals surface area contributed by atoms with Crippen molar-refractivity contribution in [1.29, 1.82) is 0 Å². The normalized spacial score (nSPS) is 13.9. The number of amides is 1. The van der Waals surface area contributed by atoms with Crippen molar-refractivity contribution >= 4 is 5.91 Å². The SMILES string of the molecule is CC(C)C(Oc1cccc2c1C(=O)N(Cc1ccc(-c3cnn(C)c3)cc1)C2)c1ccccc1. The van der Waals surface area contributed by atoms with Crippen molar-refractivity contribution in [2.75, 3.05) is 0 Å². The number of nitrogens with zero attached hydrogens (tertiary/aromatic N) is 3. The van der Waals surface area contributed by atoms with E-state index in [1.165, 1.54) is 0 Å². The molecule has 3 aromatic carbocycles. The van der Waals surface area contributed by atoms with Crippen LogP contribution in [0, 0.1) is 5.92 Å². The third-order valence-corrected chi connectivity index (χ3v) is 6.33. The van der Waals surface area contributed by atoms with Crippen LogP contribution in [0.3, 0.4) is 0 Å². The molecule has 1 aromatic heterocycles. The Morgan fingerprint density at radius 1 is 0.941 bits per heavy atom. The van der Waals surface area contributed by atoms with Crippen LogP contribution in [0.4, 0.5) is 0 Å². The summed E-state index contributed by atoms with van der Waals surface area (Å²) in [6.07, 6.45) is 3.74. The molecule has 34 heavy (non-hydrogen) atoms. The van der Waals surface area contributed by atoms with E-state index < -0.39 is 0 Å². The molecular formula is C29H29N3O2. The Hall–Kier alpha value is -3.86. The van der Waals surface area contributed by atoms with Gasteiger partial charge in [-0.3, -0.25) is 9.48 Å². The van der Waals surface area contributed by atoms with Gasteiger partial charge in [0.15, 0.2) is 0 Å². The Bertz CT molecular complexity index is 1290. The van der Waals surface area contributed by atoms with E-state index in [0.29, 0.717) is 24.4 Å². The Kier molecular flexibility index (Phi) is 5.93. The summed E-state index contributed by atoms with van der Waals surface area (Å²) in [4.78, 5) is 15.3. The van der Waals surface area contributed by atoms with Gasteiger partial charge in [-0.15, -0.1) is 0 Å². The minimum atomic E-state index is -0.116. The summed E-state index contributed by atoms with van der Waals surface area (Å²) in [5, 5.41) is 4.24. The molecule has 1 atom stereocenters. The fourth-order valence-electron chi connectivity index (χ4n) is 4.57. The third-order valence-electron chi connectivity index (χ3n) is 6.33. The maximum atomic E-state index is 13.4. The lowest BCUT2D eigenvalue weighted by Crippen LogP contribution is -2.24. The Balaban J connectivity index is 1.34. The lowest BCUT2D eigenvalue weighted by atomic mass is 9.98. The number of fused-ring (bicyclic) bond motifs is 1. The second-order valence-electron chi connectivity index (χ2n) is 9.24. The van der Waals surface area contributed by atoms with Gasteiger partial charge in [0.1, 0.15) is 11.9 Å². The van der Waals surface area contributed by atoms with Crippen molar-refractivity contribution in [1.82, 2.24) is 14.7 Å². The van der Waals surface area contributed by atoms with Crippen LogP contribution < -0.4 is 4.74 Å². The fourth-order valence-corrected chi connectivity index (χ4v) is 4.57. The van der Waals surface area contributed by atoms with Gasteiger partial charge in [-0.25, -0.2) is 0 Å². The van der Waals surface area contributed by atoms with Gasteiger partial charge < -0.3 is 9.64 Å². The molecule has 5 nitrogen and oxygen atoms in total. The summed E-state index contributed by atoms with van der Waals surface area (Å²) in [6, 6.07) is 24.5. The predicted molar refractivity (Wildman–Crippen MR) is 133 cm³/mol. The summed E-state index contributed by atoms with van der Waals surface area (Å²) < 4.78 is 8.28. The summed E-state index contributed by atoms with van der Waals surface area (Å²) in [6.45, 7) is 5.44. The zero-order valence-corrected chi connectivity index (χ0v) is 19.8. The van der Waals surface area contributed by atoms with Crippen LogP contribution in [0.2, 0.25) is 0 Å². The average Bonchev–Trinajstić information content (AvgIpc) is 3.42. The van der Waals surface area contributed by atoms with Crippen LogP contribution >= 0.6 is 0 Å². The maximum Gasteiger partial charge on any atom is 0.258 e. The molecule has 1 amide bonds. The molecule has 0 N–H and O–H groups in total.